The van der Waals surface area contributed by atoms with E-state index in [0.29, 0.717) is 5.75 Å². The highest BCUT2D eigenvalue weighted by Gasteiger charge is 2.37. The normalized spacial score (nSPS) is 12.2. The van der Waals surface area contributed by atoms with Crippen molar-refractivity contribution >= 4 is 17.3 Å². The second kappa shape index (κ2) is 7.40. The van der Waals surface area contributed by atoms with Crippen molar-refractivity contribution < 1.29 is 33.3 Å². The Balaban J connectivity index is 0.000000980. The molecule has 0 fully saturated rings. The molecule has 0 aliphatic heterocycles. The van der Waals surface area contributed by atoms with Crippen molar-refractivity contribution in [2.24, 2.45) is 5.14 Å². The van der Waals surface area contributed by atoms with Gasteiger partial charge in [-0.05, 0) is 52.0 Å². The van der Waals surface area contributed by atoms with Gasteiger partial charge in [0, 0.05) is 0 Å². The Morgan fingerprint density at radius 3 is 1.68 bits per heavy atom. The summed E-state index contributed by atoms with van der Waals surface area (Å²) < 4.78 is 27.8. The first-order valence-electron chi connectivity index (χ1n) is 6.25. The van der Waals surface area contributed by atoms with Crippen LogP contribution in [0.15, 0.2) is 29.2 Å². The molecule has 0 atom stereocenters. The Bertz CT molecular complexity index is 561. The molecule has 0 aromatic heterocycles. The van der Waals surface area contributed by atoms with Gasteiger partial charge in [0.05, 0.1) is 10.5 Å². The number of hydrogen-bond acceptors (Lipinski definition) is 7. The van der Waals surface area contributed by atoms with Crippen molar-refractivity contribution in [3.63, 3.8) is 0 Å². The maximum absolute atomic E-state index is 11.1. The van der Waals surface area contributed by atoms with E-state index >= 15 is 0 Å². The van der Waals surface area contributed by atoms with E-state index in [4.69, 9.17) is 24.9 Å². The molecule has 0 unspecified atom stereocenters. The molecule has 0 spiro atoms. The monoisotopic (exact) mass is 335 g/mol. The fourth-order valence-electron chi connectivity index (χ4n) is 1.12. The van der Waals surface area contributed by atoms with E-state index in [1.54, 1.807) is 27.7 Å². The Labute approximate surface area is 130 Å². The van der Waals surface area contributed by atoms with Gasteiger partial charge < -0.3 is 24.9 Å². The second-order valence-corrected chi connectivity index (χ2v) is 7.10. The minimum Gasteiger partial charge on any atom is -0.485 e. The zero-order valence-electron chi connectivity index (χ0n) is 12.9. The standard InChI is InChI=1S/C12H19NO4S.BH3O3/c1-11(2,14)12(3,4)17-9-5-7-10(8-6-9)18(13,15)16;2-1(3)4/h5-8,14H,1-4H3,(H2,13,15,16);2-4H. The quantitative estimate of drug-likeness (QED) is 0.452. The summed E-state index contributed by atoms with van der Waals surface area (Å²) in [6.07, 6.45) is 0. The van der Waals surface area contributed by atoms with Crippen molar-refractivity contribution in [2.45, 2.75) is 43.8 Å². The summed E-state index contributed by atoms with van der Waals surface area (Å²) in [5.41, 5.74) is -1.85. The largest absolute Gasteiger partial charge is 0.631 e. The average Bonchev–Trinajstić information content (AvgIpc) is 2.25. The van der Waals surface area contributed by atoms with Crippen molar-refractivity contribution in [1.29, 1.82) is 0 Å². The highest BCUT2D eigenvalue weighted by molar-refractivity contribution is 7.89. The molecule has 1 aromatic carbocycles. The van der Waals surface area contributed by atoms with Gasteiger partial charge in [0.2, 0.25) is 10.0 Å². The van der Waals surface area contributed by atoms with Gasteiger partial charge in [0.1, 0.15) is 11.4 Å². The molecular weight excluding hydrogens is 313 g/mol. The number of aliphatic hydroxyl groups is 1. The molecule has 0 radical (unpaired) electrons. The van der Waals surface area contributed by atoms with E-state index in [-0.39, 0.29) is 4.90 Å². The number of ether oxygens (including phenoxy) is 1. The molecule has 10 heteroatoms. The van der Waals surface area contributed by atoms with Gasteiger partial charge in [-0.2, -0.15) is 0 Å². The van der Waals surface area contributed by atoms with Crippen LogP contribution in [0.5, 0.6) is 5.75 Å². The van der Waals surface area contributed by atoms with E-state index in [1.807, 2.05) is 0 Å². The minimum absolute atomic E-state index is 0.0240. The van der Waals surface area contributed by atoms with Crippen LogP contribution in [0.1, 0.15) is 27.7 Å². The Morgan fingerprint density at radius 2 is 1.41 bits per heavy atom. The maximum atomic E-state index is 11.1. The van der Waals surface area contributed by atoms with Gasteiger partial charge in [-0.1, -0.05) is 0 Å². The topological polar surface area (TPSA) is 150 Å². The van der Waals surface area contributed by atoms with Gasteiger partial charge in [-0.3, -0.25) is 0 Å². The van der Waals surface area contributed by atoms with Crippen LogP contribution >= 0.6 is 0 Å². The van der Waals surface area contributed by atoms with Crippen molar-refractivity contribution in [3.05, 3.63) is 24.3 Å². The Hall–Kier alpha value is -1.17. The van der Waals surface area contributed by atoms with Crippen LogP contribution in [0.2, 0.25) is 0 Å². The van der Waals surface area contributed by atoms with E-state index in [0.717, 1.165) is 0 Å². The highest BCUT2D eigenvalue weighted by atomic mass is 32.2. The molecule has 0 saturated heterocycles. The number of sulfonamides is 1. The third kappa shape index (κ3) is 7.21. The lowest BCUT2D eigenvalue weighted by Crippen LogP contribution is -2.49. The molecule has 0 amide bonds. The van der Waals surface area contributed by atoms with Crippen LogP contribution in [0, 0.1) is 0 Å². The summed E-state index contributed by atoms with van der Waals surface area (Å²) in [6.45, 7) is 6.79. The van der Waals surface area contributed by atoms with E-state index in [2.05, 4.69) is 0 Å². The lowest BCUT2D eigenvalue weighted by Gasteiger charge is -2.37. The van der Waals surface area contributed by atoms with Gasteiger partial charge in [-0.25, -0.2) is 13.6 Å². The molecule has 8 nitrogen and oxygen atoms in total. The molecule has 22 heavy (non-hydrogen) atoms. The first-order valence-corrected chi connectivity index (χ1v) is 7.80. The number of primary sulfonamides is 1. The smallest absolute Gasteiger partial charge is 0.485 e. The average molecular weight is 335 g/mol. The molecular formula is C12H22BNO7S. The molecule has 0 bridgehead atoms. The van der Waals surface area contributed by atoms with Gasteiger partial charge >= 0.3 is 7.32 Å². The van der Waals surface area contributed by atoms with Gasteiger partial charge in [0.15, 0.2) is 0 Å². The van der Waals surface area contributed by atoms with Crippen LogP contribution in [0.4, 0.5) is 0 Å². The van der Waals surface area contributed by atoms with Crippen LogP contribution in [0.25, 0.3) is 0 Å². The summed E-state index contributed by atoms with van der Waals surface area (Å²) >= 11 is 0. The molecule has 0 saturated carbocycles. The fraction of sp³-hybridized carbons (Fsp3) is 0.500. The molecule has 0 heterocycles. The van der Waals surface area contributed by atoms with Crippen LogP contribution < -0.4 is 9.88 Å². The zero-order chi connectivity index (χ0) is 17.8. The molecule has 1 aromatic rings. The Kier molecular flexibility index (Phi) is 7.01. The predicted octanol–water partition coefficient (Wildman–Crippen LogP) is -0.790. The van der Waals surface area contributed by atoms with E-state index in [9.17, 15) is 13.5 Å². The first kappa shape index (κ1) is 20.8. The molecule has 0 aliphatic carbocycles. The summed E-state index contributed by atoms with van der Waals surface area (Å²) in [7, 11) is -5.86. The third-order valence-corrected chi connectivity index (χ3v) is 3.93. The van der Waals surface area contributed by atoms with Gasteiger partial charge in [-0.15, -0.1) is 0 Å². The first-order chi connectivity index (χ1) is 9.67. The van der Waals surface area contributed by atoms with Crippen molar-refractivity contribution in [2.75, 3.05) is 0 Å². The highest BCUT2D eigenvalue weighted by Crippen LogP contribution is 2.28. The summed E-state index contributed by atoms with van der Waals surface area (Å²) in [4.78, 5) is 0.0240. The lowest BCUT2D eigenvalue weighted by molar-refractivity contribution is -0.0906. The number of nitrogens with two attached hydrogens (primary N) is 1. The Morgan fingerprint density at radius 1 is 1.05 bits per heavy atom. The fourth-order valence-corrected chi connectivity index (χ4v) is 1.63. The molecule has 1 rings (SSSR count). The molecule has 0 aliphatic rings. The van der Waals surface area contributed by atoms with Crippen molar-refractivity contribution in [3.8, 4) is 5.75 Å². The summed E-state index contributed by atoms with van der Waals surface area (Å²) in [5.74, 6) is 0.467. The third-order valence-electron chi connectivity index (χ3n) is 3.00. The van der Waals surface area contributed by atoms with E-state index < -0.39 is 28.5 Å². The van der Waals surface area contributed by atoms with Gasteiger partial charge in [0.25, 0.3) is 0 Å². The second-order valence-electron chi connectivity index (χ2n) is 5.53. The zero-order valence-corrected chi connectivity index (χ0v) is 13.7. The predicted molar refractivity (Wildman–Crippen MR) is 81.2 cm³/mol. The number of hydrogen-bond donors (Lipinski definition) is 5. The maximum Gasteiger partial charge on any atom is 0.631 e. The van der Waals surface area contributed by atoms with Crippen LogP contribution in [-0.2, 0) is 10.0 Å². The number of benzene rings is 1. The van der Waals surface area contributed by atoms with E-state index in [1.165, 1.54) is 24.3 Å². The SMILES string of the molecule is CC(C)(O)C(C)(C)Oc1ccc(S(N)(=O)=O)cc1.OB(O)O. The lowest BCUT2D eigenvalue weighted by atomic mass is 9.89. The van der Waals surface area contributed by atoms with Crippen LogP contribution in [-0.4, -0.2) is 47.1 Å². The number of rotatable bonds is 4. The molecule has 126 valence electrons. The summed E-state index contributed by atoms with van der Waals surface area (Å²) in [5, 5.41) is 36.4. The van der Waals surface area contributed by atoms with Crippen molar-refractivity contribution in [1.82, 2.24) is 0 Å². The van der Waals surface area contributed by atoms with Crippen LogP contribution in [0.3, 0.4) is 0 Å². The molecule has 6 N–H and O–H groups in total. The minimum atomic E-state index is -3.70. The summed E-state index contributed by atoms with van der Waals surface area (Å²) in [6, 6.07) is 5.75.